The van der Waals surface area contributed by atoms with Crippen LogP contribution in [0.15, 0.2) is 41.0 Å². The molecule has 1 atom stereocenters. The molecule has 0 bridgehead atoms. The number of benzene rings is 1. The molecule has 6 heteroatoms. The van der Waals surface area contributed by atoms with Crippen LogP contribution < -0.4 is 9.47 Å². The van der Waals surface area contributed by atoms with Crippen molar-refractivity contribution in [1.82, 2.24) is 0 Å². The van der Waals surface area contributed by atoms with Gasteiger partial charge in [-0.1, -0.05) is 54.6 Å². The van der Waals surface area contributed by atoms with Crippen molar-refractivity contribution in [3.05, 3.63) is 57.7 Å². The smallest absolute Gasteiger partial charge is 0.199 e. The Hall–Kier alpha value is -1.86. The Morgan fingerprint density at radius 2 is 1.62 bits per heavy atom. The normalized spacial score (nSPS) is 17.1. The topological polar surface area (TPSA) is 57.2 Å². The first-order valence-electron chi connectivity index (χ1n) is 16.2. The number of aliphatic hydroxyl groups excluding tert-OH is 1. The quantitative estimate of drug-likeness (QED) is 0.0741. The maximum atomic E-state index is 9.00. The summed E-state index contributed by atoms with van der Waals surface area (Å²) in [7, 11) is -1.14. The van der Waals surface area contributed by atoms with Crippen molar-refractivity contribution in [3.63, 3.8) is 0 Å². The SMILES string of the molecule is C/C(=C\CC/C(C)=C/Cc1cc(OC2CCCCO2)c(C)c(C)c1OCOCC[Si](C)(C)C)CC/C=C(\C)CCCO. The Bertz CT molecular complexity index is 1030. The predicted molar refractivity (Wildman–Crippen MR) is 179 cm³/mol. The van der Waals surface area contributed by atoms with Gasteiger partial charge in [0.2, 0.25) is 0 Å². The minimum Gasteiger partial charge on any atom is -0.467 e. The lowest BCUT2D eigenvalue weighted by Crippen LogP contribution is -2.25. The monoisotopic (exact) mass is 600 g/mol. The number of hydrogen-bond donors (Lipinski definition) is 1. The third kappa shape index (κ3) is 14.5. The fraction of sp³-hybridized carbons (Fsp3) is 0.667. The summed E-state index contributed by atoms with van der Waals surface area (Å²) in [6.45, 7) is 20.0. The van der Waals surface area contributed by atoms with Crippen LogP contribution in [0.1, 0.15) is 95.2 Å². The first kappa shape index (κ1) is 36.3. The van der Waals surface area contributed by atoms with Crippen LogP contribution in [-0.4, -0.2) is 46.1 Å². The molecule has 238 valence electrons. The summed E-state index contributed by atoms with van der Waals surface area (Å²) < 4.78 is 24.4. The van der Waals surface area contributed by atoms with Gasteiger partial charge < -0.3 is 24.1 Å². The molecule has 5 nitrogen and oxygen atoms in total. The first-order valence-corrected chi connectivity index (χ1v) is 19.9. The highest BCUT2D eigenvalue weighted by atomic mass is 28.3. The number of hydrogen-bond acceptors (Lipinski definition) is 5. The molecular weight excluding hydrogens is 540 g/mol. The van der Waals surface area contributed by atoms with Crippen LogP contribution in [0.5, 0.6) is 11.5 Å². The maximum Gasteiger partial charge on any atom is 0.199 e. The van der Waals surface area contributed by atoms with Crippen LogP contribution in [0.2, 0.25) is 25.7 Å². The number of allylic oxidation sites excluding steroid dienone is 6. The molecule has 1 N–H and O–H groups in total. The van der Waals surface area contributed by atoms with Gasteiger partial charge in [-0.05, 0) is 116 Å². The lowest BCUT2D eigenvalue weighted by atomic mass is 9.99. The fourth-order valence-electron chi connectivity index (χ4n) is 4.93. The van der Waals surface area contributed by atoms with Crippen molar-refractivity contribution in [2.24, 2.45) is 0 Å². The molecule has 0 aliphatic carbocycles. The van der Waals surface area contributed by atoms with Crippen molar-refractivity contribution in [2.45, 2.75) is 131 Å². The molecular formula is C36H60O5Si. The summed E-state index contributed by atoms with van der Waals surface area (Å²) in [4.78, 5) is 0. The summed E-state index contributed by atoms with van der Waals surface area (Å²) in [6.07, 6.45) is 16.9. The summed E-state index contributed by atoms with van der Waals surface area (Å²) in [5.41, 5.74) is 7.55. The van der Waals surface area contributed by atoms with Crippen LogP contribution in [0.3, 0.4) is 0 Å². The molecule has 1 aromatic rings. The van der Waals surface area contributed by atoms with E-state index in [0.29, 0.717) is 0 Å². The highest BCUT2D eigenvalue weighted by Crippen LogP contribution is 2.36. The van der Waals surface area contributed by atoms with E-state index in [1.807, 2.05) is 0 Å². The molecule has 1 unspecified atom stereocenters. The number of rotatable bonds is 19. The minimum atomic E-state index is -1.14. The van der Waals surface area contributed by atoms with Crippen LogP contribution in [-0.2, 0) is 15.9 Å². The van der Waals surface area contributed by atoms with E-state index in [1.165, 1.54) is 16.7 Å². The Kier molecular flexibility index (Phi) is 16.8. The van der Waals surface area contributed by atoms with E-state index in [1.54, 1.807) is 0 Å². The summed E-state index contributed by atoms with van der Waals surface area (Å²) in [6, 6.07) is 3.29. The molecule has 1 aromatic carbocycles. The average Bonchev–Trinajstić information content (AvgIpc) is 2.94. The molecule has 0 saturated carbocycles. The van der Waals surface area contributed by atoms with Gasteiger partial charge in [0.15, 0.2) is 13.1 Å². The van der Waals surface area contributed by atoms with E-state index in [0.717, 1.165) is 112 Å². The molecule has 0 amide bonds. The van der Waals surface area contributed by atoms with E-state index in [2.05, 4.69) is 78.6 Å². The molecule has 1 saturated heterocycles. The second kappa shape index (κ2) is 19.4. The summed E-state index contributed by atoms with van der Waals surface area (Å²) in [5, 5.41) is 9.00. The zero-order valence-corrected chi connectivity index (χ0v) is 29.1. The maximum absolute atomic E-state index is 9.00. The van der Waals surface area contributed by atoms with E-state index < -0.39 is 8.07 Å². The van der Waals surface area contributed by atoms with Crippen LogP contribution in [0, 0.1) is 13.8 Å². The highest BCUT2D eigenvalue weighted by molar-refractivity contribution is 6.76. The molecule has 0 radical (unpaired) electrons. The molecule has 1 aliphatic heterocycles. The first-order chi connectivity index (χ1) is 20.0. The Morgan fingerprint density at radius 3 is 2.24 bits per heavy atom. The second-order valence-electron chi connectivity index (χ2n) is 13.3. The standard InChI is InChI=1S/C36H60O5Si/c1-28(14-11-16-29(2)18-13-22-37)15-12-17-30(3)20-21-33-26-34(41-35-19-9-10-23-39-35)31(4)32(5)36(33)40-27-38-24-25-42(6,7)8/h15-16,20,26,35,37H,9-14,17-19,21-25,27H2,1-8H3/b28-15+,29-16+,30-20+. The minimum absolute atomic E-state index is 0.173. The summed E-state index contributed by atoms with van der Waals surface area (Å²) >= 11 is 0. The van der Waals surface area contributed by atoms with Gasteiger partial charge in [-0.25, -0.2) is 0 Å². The molecule has 1 fully saturated rings. The van der Waals surface area contributed by atoms with Gasteiger partial charge in [0.05, 0.1) is 6.61 Å². The van der Waals surface area contributed by atoms with Crippen molar-refractivity contribution in [2.75, 3.05) is 26.6 Å². The largest absolute Gasteiger partial charge is 0.467 e. The zero-order chi connectivity index (χ0) is 31.0. The van der Waals surface area contributed by atoms with Crippen LogP contribution >= 0.6 is 0 Å². The molecule has 1 heterocycles. The molecule has 1 aliphatic rings. The Morgan fingerprint density at radius 1 is 0.952 bits per heavy atom. The van der Waals surface area contributed by atoms with Crippen LogP contribution in [0.25, 0.3) is 0 Å². The average molecular weight is 601 g/mol. The van der Waals surface area contributed by atoms with Crippen LogP contribution in [0.4, 0.5) is 0 Å². The van der Waals surface area contributed by atoms with Crippen molar-refractivity contribution in [3.8, 4) is 11.5 Å². The number of ether oxygens (including phenoxy) is 4. The van der Waals surface area contributed by atoms with E-state index in [-0.39, 0.29) is 19.7 Å². The van der Waals surface area contributed by atoms with Gasteiger partial charge in [-0.15, -0.1) is 0 Å². The van der Waals surface area contributed by atoms with E-state index in [9.17, 15) is 0 Å². The van der Waals surface area contributed by atoms with E-state index >= 15 is 0 Å². The molecule has 42 heavy (non-hydrogen) atoms. The highest BCUT2D eigenvalue weighted by Gasteiger charge is 2.20. The molecule has 0 aromatic heterocycles. The van der Waals surface area contributed by atoms with Crippen molar-refractivity contribution < 1.29 is 24.1 Å². The second-order valence-corrected chi connectivity index (χ2v) is 18.9. The molecule has 2 rings (SSSR count). The van der Waals surface area contributed by atoms with Gasteiger partial charge in [0.25, 0.3) is 0 Å². The Labute approximate surface area is 258 Å². The van der Waals surface area contributed by atoms with Gasteiger partial charge in [0, 0.05) is 33.3 Å². The van der Waals surface area contributed by atoms with Gasteiger partial charge in [0.1, 0.15) is 11.5 Å². The van der Waals surface area contributed by atoms with Crippen molar-refractivity contribution in [1.29, 1.82) is 0 Å². The van der Waals surface area contributed by atoms with Crippen molar-refractivity contribution >= 4 is 8.07 Å². The third-order valence-electron chi connectivity index (χ3n) is 8.01. The Balaban J connectivity index is 2.05. The zero-order valence-electron chi connectivity index (χ0n) is 28.1. The van der Waals surface area contributed by atoms with Gasteiger partial charge in [-0.2, -0.15) is 0 Å². The predicted octanol–water partition coefficient (Wildman–Crippen LogP) is 9.61. The molecule has 0 spiro atoms. The third-order valence-corrected chi connectivity index (χ3v) is 9.72. The lowest BCUT2D eigenvalue weighted by Gasteiger charge is -2.26. The van der Waals surface area contributed by atoms with E-state index in [4.69, 9.17) is 24.1 Å². The van der Waals surface area contributed by atoms with Gasteiger partial charge >= 0.3 is 0 Å². The summed E-state index contributed by atoms with van der Waals surface area (Å²) in [5.74, 6) is 1.81. The fourth-order valence-corrected chi connectivity index (χ4v) is 5.68. The van der Waals surface area contributed by atoms with Gasteiger partial charge in [-0.3, -0.25) is 0 Å². The number of aliphatic hydroxyl groups is 1. The lowest BCUT2D eigenvalue weighted by molar-refractivity contribution is -0.106.